The fourth-order valence-electron chi connectivity index (χ4n) is 2.32. The van der Waals surface area contributed by atoms with Gasteiger partial charge in [-0.2, -0.15) is 0 Å². The predicted octanol–water partition coefficient (Wildman–Crippen LogP) is 1.97. The maximum Gasteiger partial charge on any atom is 0.188 e. The van der Waals surface area contributed by atoms with Crippen LogP contribution in [0.1, 0.15) is 18.4 Å². The van der Waals surface area contributed by atoms with E-state index in [1.54, 1.807) is 11.8 Å². The SMILES string of the molecule is NC(N)=NC1NC2=C(C=C(c3ccccc3)CC2)S1. The summed E-state index contributed by atoms with van der Waals surface area (Å²) >= 11 is 1.67. The number of thioether (sulfide) groups is 1. The molecular formula is C14H16N4S. The number of aliphatic imine (C=N–C) groups is 1. The van der Waals surface area contributed by atoms with E-state index < -0.39 is 0 Å². The number of nitrogens with one attached hydrogen (secondary N) is 1. The van der Waals surface area contributed by atoms with Crippen LogP contribution in [0.15, 0.2) is 52.0 Å². The Hall–Kier alpha value is -1.88. The van der Waals surface area contributed by atoms with E-state index in [0.717, 1.165) is 12.8 Å². The Morgan fingerprint density at radius 1 is 1.21 bits per heavy atom. The van der Waals surface area contributed by atoms with Crippen molar-refractivity contribution in [3.63, 3.8) is 0 Å². The molecule has 1 aliphatic carbocycles. The number of rotatable bonds is 2. The molecule has 5 N–H and O–H groups in total. The molecule has 0 fully saturated rings. The van der Waals surface area contributed by atoms with Gasteiger partial charge in [-0.1, -0.05) is 42.1 Å². The number of allylic oxidation sites excluding steroid dienone is 3. The lowest BCUT2D eigenvalue weighted by atomic mass is 9.96. The molecule has 0 saturated carbocycles. The zero-order chi connectivity index (χ0) is 13.2. The number of nitrogens with zero attached hydrogens (tertiary/aromatic N) is 1. The lowest BCUT2D eigenvalue weighted by Crippen LogP contribution is -2.28. The summed E-state index contributed by atoms with van der Waals surface area (Å²) in [7, 11) is 0. The van der Waals surface area contributed by atoms with Crippen molar-refractivity contribution in [1.29, 1.82) is 0 Å². The van der Waals surface area contributed by atoms with Crippen LogP contribution in [-0.2, 0) is 0 Å². The summed E-state index contributed by atoms with van der Waals surface area (Å²) < 4.78 is 0. The van der Waals surface area contributed by atoms with Crippen LogP contribution in [0, 0.1) is 0 Å². The first kappa shape index (κ1) is 12.2. The molecule has 3 rings (SSSR count). The van der Waals surface area contributed by atoms with Crippen molar-refractivity contribution in [2.24, 2.45) is 16.5 Å². The summed E-state index contributed by atoms with van der Waals surface area (Å²) in [5, 5.41) is 3.35. The Kier molecular flexibility index (Phi) is 3.21. The first-order valence-electron chi connectivity index (χ1n) is 6.23. The molecule has 1 heterocycles. The molecule has 5 heteroatoms. The molecule has 0 amide bonds. The van der Waals surface area contributed by atoms with E-state index in [9.17, 15) is 0 Å². The Bertz CT molecular complexity index is 570. The fourth-order valence-corrected chi connectivity index (χ4v) is 3.45. The van der Waals surface area contributed by atoms with E-state index in [-0.39, 0.29) is 11.5 Å². The van der Waals surface area contributed by atoms with Crippen molar-refractivity contribution in [3.05, 3.63) is 52.6 Å². The van der Waals surface area contributed by atoms with Gasteiger partial charge in [-0.15, -0.1) is 0 Å². The zero-order valence-electron chi connectivity index (χ0n) is 10.5. The molecule has 1 unspecified atom stereocenters. The molecule has 4 nitrogen and oxygen atoms in total. The van der Waals surface area contributed by atoms with Gasteiger partial charge in [0.25, 0.3) is 0 Å². The number of nitrogens with two attached hydrogens (primary N) is 2. The van der Waals surface area contributed by atoms with Crippen LogP contribution in [0.3, 0.4) is 0 Å². The quantitative estimate of drug-likeness (QED) is 0.568. The van der Waals surface area contributed by atoms with Crippen LogP contribution in [0.25, 0.3) is 5.57 Å². The number of benzene rings is 1. The molecule has 2 aliphatic rings. The number of guanidine groups is 1. The van der Waals surface area contributed by atoms with Crippen molar-refractivity contribution in [3.8, 4) is 0 Å². The summed E-state index contributed by atoms with van der Waals surface area (Å²) in [4.78, 5) is 5.40. The van der Waals surface area contributed by atoms with Crippen molar-refractivity contribution >= 4 is 23.3 Å². The van der Waals surface area contributed by atoms with Gasteiger partial charge < -0.3 is 16.8 Å². The molecular weight excluding hydrogens is 256 g/mol. The van der Waals surface area contributed by atoms with Crippen LogP contribution in [0.5, 0.6) is 0 Å². The largest absolute Gasteiger partial charge is 0.370 e. The second-order valence-corrected chi connectivity index (χ2v) is 5.67. The van der Waals surface area contributed by atoms with Gasteiger partial charge in [0.05, 0.1) is 0 Å². The highest BCUT2D eigenvalue weighted by molar-refractivity contribution is 8.04. The average molecular weight is 272 g/mol. The smallest absolute Gasteiger partial charge is 0.188 e. The van der Waals surface area contributed by atoms with E-state index >= 15 is 0 Å². The Morgan fingerprint density at radius 2 is 2.00 bits per heavy atom. The van der Waals surface area contributed by atoms with Gasteiger partial charge in [0.1, 0.15) is 0 Å². The normalized spacial score (nSPS) is 21.5. The monoisotopic (exact) mass is 272 g/mol. The maximum atomic E-state index is 5.42. The number of hydrogen-bond acceptors (Lipinski definition) is 3. The van der Waals surface area contributed by atoms with E-state index in [2.05, 4.69) is 40.7 Å². The Balaban J connectivity index is 1.81. The molecule has 98 valence electrons. The first-order chi connectivity index (χ1) is 9.22. The standard InChI is InChI=1S/C14H16N4S/c15-13(16)18-14-17-11-7-6-10(8-12(11)19-14)9-4-2-1-3-5-9/h1-5,8,14,17H,6-7H2,(H4,15,16,18). The van der Waals surface area contributed by atoms with Crippen molar-refractivity contribution in [2.75, 3.05) is 0 Å². The van der Waals surface area contributed by atoms with Gasteiger partial charge in [-0.05, 0) is 30.1 Å². The first-order valence-corrected chi connectivity index (χ1v) is 7.11. The Labute approximate surface area is 116 Å². The minimum Gasteiger partial charge on any atom is -0.370 e. The Morgan fingerprint density at radius 3 is 2.74 bits per heavy atom. The zero-order valence-corrected chi connectivity index (χ0v) is 11.3. The predicted molar refractivity (Wildman–Crippen MR) is 81.0 cm³/mol. The van der Waals surface area contributed by atoms with Gasteiger partial charge in [0, 0.05) is 10.6 Å². The molecule has 0 saturated heterocycles. The second-order valence-electron chi connectivity index (χ2n) is 4.55. The summed E-state index contributed by atoms with van der Waals surface area (Å²) in [6.45, 7) is 0. The van der Waals surface area contributed by atoms with Gasteiger partial charge in [0.15, 0.2) is 11.5 Å². The summed E-state index contributed by atoms with van der Waals surface area (Å²) in [5.74, 6) is 0.122. The van der Waals surface area contributed by atoms with Gasteiger partial charge >= 0.3 is 0 Å². The van der Waals surface area contributed by atoms with Crippen LogP contribution in [0.2, 0.25) is 0 Å². The van der Waals surface area contributed by atoms with Crippen LogP contribution < -0.4 is 16.8 Å². The topological polar surface area (TPSA) is 76.4 Å². The van der Waals surface area contributed by atoms with E-state index in [0.29, 0.717) is 0 Å². The third-order valence-corrected chi connectivity index (χ3v) is 4.26. The highest BCUT2D eigenvalue weighted by Crippen LogP contribution is 2.40. The van der Waals surface area contributed by atoms with Crippen LogP contribution in [-0.4, -0.2) is 11.5 Å². The molecule has 0 bridgehead atoms. The molecule has 1 aliphatic heterocycles. The van der Waals surface area contributed by atoms with Crippen molar-refractivity contribution in [1.82, 2.24) is 5.32 Å². The summed E-state index contributed by atoms with van der Waals surface area (Å²) in [5.41, 5.74) is 14.7. The van der Waals surface area contributed by atoms with Crippen molar-refractivity contribution < 1.29 is 0 Å². The number of hydrogen-bond donors (Lipinski definition) is 3. The lowest BCUT2D eigenvalue weighted by Gasteiger charge is -2.14. The molecule has 0 radical (unpaired) electrons. The minimum atomic E-state index is -0.0821. The highest BCUT2D eigenvalue weighted by Gasteiger charge is 2.25. The average Bonchev–Trinajstić information content (AvgIpc) is 2.79. The fraction of sp³-hybridized carbons (Fsp3) is 0.214. The van der Waals surface area contributed by atoms with Crippen LogP contribution >= 0.6 is 11.8 Å². The molecule has 1 atom stereocenters. The van der Waals surface area contributed by atoms with Crippen molar-refractivity contribution in [2.45, 2.75) is 18.3 Å². The molecule has 0 spiro atoms. The summed E-state index contributed by atoms with van der Waals surface area (Å²) in [6.07, 6.45) is 4.30. The molecule has 19 heavy (non-hydrogen) atoms. The second kappa shape index (κ2) is 5.01. The van der Waals surface area contributed by atoms with Gasteiger partial charge in [-0.3, -0.25) is 0 Å². The molecule has 1 aromatic carbocycles. The van der Waals surface area contributed by atoms with E-state index in [4.69, 9.17) is 11.5 Å². The maximum absolute atomic E-state index is 5.42. The summed E-state index contributed by atoms with van der Waals surface area (Å²) in [6, 6.07) is 10.5. The third kappa shape index (κ3) is 2.61. The van der Waals surface area contributed by atoms with Gasteiger partial charge in [0.2, 0.25) is 0 Å². The lowest BCUT2D eigenvalue weighted by molar-refractivity contribution is 0.740. The van der Waals surface area contributed by atoms with E-state index in [1.165, 1.54) is 21.7 Å². The van der Waals surface area contributed by atoms with E-state index in [1.807, 2.05) is 6.07 Å². The molecule has 0 aromatic heterocycles. The van der Waals surface area contributed by atoms with Crippen LogP contribution in [0.4, 0.5) is 0 Å². The highest BCUT2D eigenvalue weighted by atomic mass is 32.2. The third-order valence-electron chi connectivity index (χ3n) is 3.19. The van der Waals surface area contributed by atoms with Gasteiger partial charge in [-0.25, -0.2) is 4.99 Å². The molecule has 1 aromatic rings. The minimum absolute atomic E-state index is 0.0821.